The summed E-state index contributed by atoms with van der Waals surface area (Å²) in [6, 6.07) is 6.17. The summed E-state index contributed by atoms with van der Waals surface area (Å²) in [6.45, 7) is 13.7. The van der Waals surface area contributed by atoms with Gasteiger partial charge in [-0.3, -0.25) is 4.79 Å². The highest BCUT2D eigenvalue weighted by molar-refractivity contribution is 9.10. The number of hydrogen-bond acceptors (Lipinski definition) is 4. The Morgan fingerprint density at radius 3 is 2.14 bits per heavy atom. The Kier molecular flexibility index (Phi) is 9.19. The van der Waals surface area contributed by atoms with Gasteiger partial charge in [0, 0.05) is 18.1 Å². The SMILES string of the molecule is Cc1cc(Br)cc(CC(CCCN(C)C(=O)OC(C)(C)C)C(=O)OC(C)(C)C)c1. The summed E-state index contributed by atoms with van der Waals surface area (Å²) in [5, 5.41) is 0. The van der Waals surface area contributed by atoms with E-state index >= 15 is 0 Å². The Hall–Kier alpha value is -1.56. The number of rotatable bonds is 7. The van der Waals surface area contributed by atoms with Gasteiger partial charge < -0.3 is 14.4 Å². The Bertz CT molecular complexity index is 684. The van der Waals surface area contributed by atoms with Gasteiger partial charge in [0.25, 0.3) is 0 Å². The summed E-state index contributed by atoms with van der Waals surface area (Å²) >= 11 is 3.53. The zero-order valence-corrected chi connectivity index (χ0v) is 20.7. The highest BCUT2D eigenvalue weighted by Gasteiger charge is 2.26. The molecule has 0 aliphatic heterocycles. The molecule has 5 nitrogen and oxygen atoms in total. The average molecular weight is 470 g/mol. The first-order chi connectivity index (χ1) is 13.2. The molecule has 29 heavy (non-hydrogen) atoms. The third-order valence-electron chi connectivity index (χ3n) is 4.08. The molecular weight excluding hydrogens is 434 g/mol. The number of halogens is 1. The largest absolute Gasteiger partial charge is 0.460 e. The molecule has 0 radical (unpaired) electrons. The number of ether oxygens (including phenoxy) is 2. The molecule has 1 atom stereocenters. The van der Waals surface area contributed by atoms with E-state index in [4.69, 9.17) is 9.47 Å². The highest BCUT2D eigenvalue weighted by atomic mass is 79.9. The summed E-state index contributed by atoms with van der Waals surface area (Å²) in [5.41, 5.74) is 1.17. The maximum Gasteiger partial charge on any atom is 0.410 e. The zero-order valence-electron chi connectivity index (χ0n) is 19.1. The van der Waals surface area contributed by atoms with Crippen molar-refractivity contribution >= 4 is 28.0 Å². The monoisotopic (exact) mass is 469 g/mol. The number of esters is 1. The molecule has 1 aromatic carbocycles. The molecule has 0 aromatic heterocycles. The predicted octanol–water partition coefficient (Wildman–Crippen LogP) is 5.91. The van der Waals surface area contributed by atoms with Crippen molar-refractivity contribution in [3.8, 4) is 0 Å². The van der Waals surface area contributed by atoms with Gasteiger partial charge >= 0.3 is 12.1 Å². The standard InChI is InChI=1S/C23H36BrNO4/c1-16-12-17(15-19(24)13-16)14-18(20(26)28-22(2,3)4)10-9-11-25(8)21(27)29-23(5,6)7/h12-13,15,18H,9-11,14H2,1-8H3. The molecule has 0 N–H and O–H groups in total. The molecule has 0 aliphatic carbocycles. The Labute approximate surface area is 184 Å². The molecule has 0 saturated heterocycles. The number of carbonyl (C=O) groups is 2. The number of hydrogen-bond donors (Lipinski definition) is 0. The lowest BCUT2D eigenvalue weighted by Crippen LogP contribution is -2.35. The minimum absolute atomic E-state index is 0.199. The lowest BCUT2D eigenvalue weighted by molar-refractivity contribution is -0.160. The molecule has 6 heteroatoms. The van der Waals surface area contributed by atoms with Gasteiger partial charge in [0.2, 0.25) is 0 Å². The van der Waals surface area contributed by atoms with Crippen LogP contribution < -0.4 is 0 Å². The third kappa shape index (κ3) is 10.7. The third-order valence-corrected chi connectivity index (χ3v) is 4.53. The van der Waals surface area contributed by atoms with Crippen molar-refractivity contribution < 1.29 is 19.1 Å². The number of amides is 1. The molecule has 0 saturated carbocycles. The lowest BCUT2D eigenvalue weighted by Gasteiger charge is -2.26. The van der Waals surface area contributed by atoms with Gasteiger partial charge in [-0.05, 0) is 91.0 Å². The van der Waals surface area contributed by atoms with Gasteiger partial charge in [0.15, 0.2) is 0 Å². The molecule has 0 aliphatic rings. The minimum atomic E-state index is -0.532. The van der Waals surface area contributed by atoms with Crippen molar-refractivity contribution in [2.75, 3.05) is 13.6 Å². The van der Waals surface area contributed by atoms with Crippen LogP contribution in [0, 0.1) is 12.8 Å². The summed E-state index contributed by atoms with van der Waals surface area (Å²) in [7, 11) is 1.72. The van der Waals surface area contributed by atoms with Crippen LogP contribution in [0.3, 0.4) is 0 Å². The van der Waals surface area contributed by atoms with Gasteiger partial charge in [0.05, 0.1) is 5.92 Å². The Balaban J connectivity index is 2.78. The Morgan fingerprint density at radius 2 is 1.62 bits per heavy atom. The van der Waals surface area contributed by atoms with Gasteiger partial charge in [-0.1, -0.05) is 22.0 Å². The summed E-state index contributed by atoms with van der Waals surface area (Å²) in [4.78, 5) is 26.5. The molecule has 1 unspecified atom stereocenters. The normalized spacial score (nSPS) is 13.0. The lowest BCUT2D eigenvalue weighted by atomic mass is 9.93. The quantitative estimate of drug-likeness (QED) is 0.466. The molecule has 1 amide bonds. The number of carbonyl (C=O) groups excluding carboxylic acids is 2. The van der Waals surface area contributed by atoms with Crippen molar-refractivity contribution in [1.82, 2.24) is 4.90 Å². The fourth-order valence-electron chi connectivity index (χ4n) is 2.91. The second kappa shape index (κ2) is 10.5. The summed E-state index contributed by atoms with van der Waals surface area (Å²) in [5.74, 6) is -0.468. The van der Waals surface area contributed by atoms with Crippen LogP contribution >= 0.6 is 15.9 Å². The Morgan fingerprint density at radius 1 is 1.03 bits per heavy atom. The first-order valence-corrected chi connectivity index (χ1v) is 10.9. The van der Waals surface area contributed by atoms with E-state index in [-0.39, 0.29) is 18.0 Å². The second-order valence-corrected chi connectivity index (χ2v) is 10.5. The van der Waals surface area contributed by atoms with Crippen LogP contribution in [0.1, 0.15) is 65.5 Å². The van der Waals surface area contributed by atoms with Crippen LogP contribution in [-0.4, -0.2) is 41.8 Å². The van der Waals surface area contributed by atoms with E-state index in [1.807, 2.05) is 60.6 Å². The van der Waals surface area contributed by atoms with E-state index in [0.29, 0.717) is 25.8 Å². The van der Waals surface area contributed by atoms with Crippen molar-refractivity contribution in [2.24, 2.45) is 5.92 Å². The average Bonchev–Trinajstić information content (AvgIpc) is 2.49. The van der Waals surface area contributed by atoms with Crippen molar-refractivity contribution in [3.63, 3.8) is 0 Å². The molecule has 0 heterocycles. The molecular formula is C23H36BrNO4. The topological polar surface area (TPSA) is 55.8 Å². The van der Waals surface area contributed by atoms with Crippen molar-refractivity contribution in [3.05, 3.63) is 33.8 Å². The number of aryl methyl sites for hydroxylation is 1. The van der Waals surface area contributed by atoms with Crippen LogP contribution in [0.15, 0.2) is 22.7 Å². The van der Waals surface area contributed by atoms with Gasteiger partial charge in [-0.15, -0.1) is 0 Å². The maximum absolute atomic E-state index is 12.8. The van der Waals surface area contributed by atoms with Crippen LogP contribution in [0.25, 0.3) is 0 Å². The smallest absolute Gasteiger partial charge is 0.410 e. The molecule has 0 fully saturated rings. The highest BCUT2D eigenvalue weighted by Crippen LogP contribution is 2.23. The van der Waals surface area contributed by atoms with Crippen LogP contribution in [0.2, 0.25) is 0 Å². The van der Waals surface area contributed by atoms with Gasteiger partial charge in [-0.2, -0.15) is 0 Å². The predicted molar refractivity (Wildman–Crippen MR) is 120 cm³/mol. The fourth-order valence-corrected chi connectivity index (χ4v) is 3.56. The first-order valence-electron chi connectivity index (χ1n) is 10.1. The summed E-state index contributed by atoms with van der Waals surface area (Å²) < 4.78 is 12.0. The van der Waals surface area contributed by atoms with E-state index in [1.165, 1.54) is 0 Å². The van der Waals surface area contributed by atoms with Crippen LogP contribution in [0.5, 0.6) is 0 Å². The zero-order chi connectivity index (χ0) is 22.4. The second-order valence-electron chi connectivity index (χ2n) is 9.62. The minimum Gasteiger partial charge on any atom is -0.460 e. The van der Waals surface area contributed by atoms with E-state index < -0.39 is 11.2 Å². The van der Waals surface area contributed by atoms with Crippen LogP contribution in [0.4, 0.5) is 4.79 Å². The fraction of sp³-hybridized carbons (Fsp3) is 0.652. The van der Waals surface area contributed by atoms with Gasteiger partial charge in [0.1, 0.15) is 11.2 Å². The number of nitrogens with zero attached hydrogens (tertiary/aromatic N) is 1. The number of benzene rings is 1. The van der Waals surface area contributed by atoms with E-state index in [0.717, 1.165) is 15.6 Å². The van der Waals surface area contributed by atoms with Gasteiger partial charge in [-0.25, -0.2) is 4.79 Å². The van der Waals surface area contributed by atoms with Crippen molar-refractivity contribution in [2.45, 2.75) is 78.9 Å². The molecule has 0 bridgehead atoms. The maximum atomic E-state index is 12.8. The molecule has 0 spiro atoms. The molecule has 1 rings (SSSR count). The molecule has 1 aromatic rings. The van der Waals surface area contributed by atoms with E-state index in [2.05, 4.69) is 22.0 Å². The van der Waals surface area contributed by atoms with Crippen molar-refractivity contribution in [1.29, 1.82) is 0 Å². The summed E-state index contributed by atoms with van der Waals surface area (Å²) in [6.07, 6.45) is 1.57. The first kappa shape index (κ1) is 25.5. The van der Waals surface area contributed by atoms with Crippen LogP contribution in [-0.2, 0) is 20.7 Å². The molecule has 164 valence electrons. The van der Waals surface area contributed by atoms with E-state index in [9.17, 15) is 9.59 Å². The van der Waals surface area contributed by atoms with E-state index in [1.54, 1.807) is 11.9 Å².